The quantitative estimate of drug-likeness (QED) is 0.803. The van der Waals surface area contributed by atoms with Gasteiger partial charge >= 0.3 is 0 Å². The van der Waals surface area contributed by atoms with Gasteiger partial charge in [0.15, 0.2) is 0 Å². The highest BCUT2D eigenvalue weighted by atomic mass is 16.5. The molecule has 0 radical (unpaired) electrons. The zero-order valence-corrected chi connectivity index (χ0v) is 15.2. The Morgan fingerprint density at radius 1 is 1.35 bits per heavy atom. The molecule has 0 saturated carbocycles. The van der Waals surface area contributed by atoms with E-state index in [9.17, 15) is 9.59 Å². The Hall–Kier alpha value is -2.68. The molecule has 1 saturated heterocycles. The number of carbonyl (C=O) groups is 1. The topological polar surface area (TPSA) is 105 Å². The first-order valence-corrected chi connectivity index (χ1v) is 8.68. The number of aromatic amines is 1. The van der Waals surface area contributed by atoms with Gasteiger partial charge in [-0.2, -0.15) is 5.10 Å². The van der Waals surface area contributed by atoms with Crippen molar-refractivity contribution in [2.45, 2.75) is 19.9 Å². The first-order chi connectivity index (χ1) is 12.5. The number of H-pyrrole nitrogens is 1. The normalized spacial score (nSPS) is 15.9. The lowest BCUT2D eigenvalue weighted by Gasteiger charge is -2.28. The second-order valence-electron chi connectivity index (χ2n) is 6.63. The number of hydrogen-bond donors (Lipinski definition) is 2. The van der Waals surface area contributed by atoms with E-state index in [0.29, 0.717) is 43.6 Å². The minimum atomic E-state index is -0.389. The van der Waals surface area contributed by atoms with Crippen LogP contribution in [0.3, 0.4) is 0 Å². The van der Waals surface area contributed by atoms with Crippen LogP contribution in [0.5, 0.6) is 0 Å². The summed E-state index contributed by atoms with van der Waals surface area (Å²) < 4.78 is 6.86. The number of nitrogens with zero attached hydrogens (tertiary/aromatic N) is 4. The van der Waals surface area contributed by atoms with Crippen molar-refractivity contribution in [3.63, 3.8) is 0 Å². The molecule has 1 amide bonds. The Labute approximate surface area is 151 Å². The zero-order chi connectivity index (χ0) is 18.7. The molecule has 9 heteroatoms. The predicted octanol–water partition coefficient (Wildman–Crippen LogP) is 0.467. The van der Waals surface area contributed by atoms with Crippen LogP contribution >= 0.6 is 0 Å². The molecule has 26 heavy (non-hydrogen) atoms. The molecular weight excluding hydrogens is 336 g/mol. The highest BCUT2D eigenvalue weighted by Crippen LogP contribution is 2.21. The summed E-state index contributed by atoms with van der Waals surface area (Å²) in [6.07, 6.45) is 1.57. The van der Waals surface area contributed by atoms with E-state index in [2.05, 4.69) is 20.4 Å². The van der Waals surface area contributed by atoms with Gasteiger partial charge in [0.1, 0.15) is 5.69 Å². The number of rotatable bonds is 5. The maximum Gasteiger partial charge on any atom is 0.270 e. The standard InChI is InChI=1S/C17H24N6O3/c1-11(2)15(21-16(25)13-4-5-18-22(13)3)12-10-14(24)20-17(19-12)23-6-8-26-9-7-23/h4-5,10-11,15H,6-9H2,1-3H3,(H,21,25)(H,19,20,24)/t15-/m1/s1. The minimum Gasteiger partial charge on any atom is -0.378 e. The predicted molar refractivity (Wildman–Crippen MR) is 96.1 cm³/mol. The van der Waals surface area contributed by atoms with Crippen molar-refractivity contribution in [2.24, 2.45) is 13.0 Å². The Morgan fingerprint density at radius 2 is 2.08 bits per heavy atom. The molecule has 1 aliphatic rings. The van der Waals surface area contributed by atoms with Crippen molar-refractivity contribution in [2.75, 3.05) is 31.2 Å². The van der Waals surface area contributed by atoms with Gasteiger partial charge in [0.2, 0.25) is 5.95 Å². The molecule has 140 valence electrons. The van der Waals surface area contributed by atoms with E-state index in [1.54, 1.807) is 19.3 Å². The third-order valence-electron chi connectivity index (χ3n) is 4.39. The molecule has 0 bridgehead atoms. The van der Waals surface area contributed by atoms with Gasteiger partial charge in [-0.1, -0.05) is 13.8 Å². The van der Waals surface area contributed by atoms with Gasteiger partial charge in [-0.3, -0.25) is 19.3 Å². The maximum atomic E-state index is 12.6. The lowest BCUT2D eigenvalue weighted by atomic mass is 10.0. The number of carbonyl (C=O) groups excluding carboxylic acids is 1. The fourth-order valence-electron chi connectivity index (χ4n) is 2.94. The van der Waals surface area contributed by atoms with Crippen molar-refractivity contribution in [1.82, 2.24) is 25.1 Å². The van der Waals surface area contributed by atoms with E-state index in [-0.39, 0.29) is 23.4 Å². The highest BCUT2D eigenvalue weighted by Gasteiger charge is 2.24. The summed E-state index contributed by atoms with van der Waals surface area (Å²) in [5.41, 5.74) is 0.756. The fourth-order valence-corrected chi connectivity index (χ4v) is 2.94. The molecule has 3 heterocycles. The van der Waals surface area contributed by atoms with Crippen molar-refractivity contribution in [3.8, 4) is 0 Å². The largest absolute Gasteiger partial charge is 0.378 e. The monoisotopic (exact) mass is 360 g/mol. The van der Waals surface area contributed by atoms with Crippen LogP contribution in [-0.4, -0.2) is 52.0 Å². The van der Waals surface area contributed by atoms with Crippen LogP contribution in [0.25, 0.3) is 0 Å². The average Bonchev–Trinajstić information content (AvgIpc) is 3.05. The number of aromatic nitrogens is 4. The zero-order valence-electron chi connectivity index (χ0n) is 15.2. The Kier molecular flexibility index (Phi) is 5.36. The highest BCUT2D eigenvalue weighted by molar-refractivity contribution is 5.92. The lowest BCUT2D eigenvalue weighted by Crippen LogP contribution is -2.39. The van der Waals surface area contributed by atoms with Crippen LogP contribution in [-0.2, 0) is 11.8 Å². The van der Waals surface area contributed by atoms with Gasteiger partial charge in [-0.05, 0) is 12.0 Å². The Morgan fingerprint density at radius 3 is 2.69 bits per heavy atom. The summed E-state index contributed by atoms with van der Waals surface area (Å²) >= 11 is 0. The molecule has 3 rings (SSSR count). The summed E-state index contributed by atoms with van der Waals surface area (Å²) in [6.45, 7) is 6.48. The number of amides is 1. The van der Waals surface area contributed by atoms with E-state index in [0.717, 1.165) is 0 Å². The van der Waals surface area contributed by atoms with Crippen molar-refractivity contribution >= 4 is 11.9 Å². The molecule has 0 unspecified atom stereocenters. The van der Waals surface area contributed by atoms with Gasteiger partial charge in [0.05, 0.1) is 24.9 Å². The second-order valence-corrected chi connectivity index (χ2v) is 6.63. The number of morpholine rings is 1. The number of anilines is 1. The van der Waals surface area contributed by atoms with E-state index < -0.39 is 0 Å². The molecule has 1 aliphatic heterocycles. The number of nitrogens with one attached hydrogen (secondary N) is 2. The lowest BCUT2D eigenvalue weighted by molar-refractivity contribution is 0.0914. The third kappa shape index (κ3) is 3.93. The van der Waals surface area contributed by atoms with Crippen LogP contribution in [0.4, 0.5) is 5.95 Å². The summed E-state index contributed by atoms with van der Waals surface area (Å²) in [6, 6.07) is 2.70. The molecule has 2 aromatic heterocycles. The number of aryl methyl sites for hydroxylation is 1. The van der Waals surface area contributed by atoms with Crippen LogP contribution in [0.2, 0.25) is 0 Å². The molecule has 0 aromatic carbocycles. The van der Waals surface area contributed by atoms with Gasteiger partial charge in [-0.15, -0.1) is 0 Å². The maximum absolute atomic E-state index is 12.6. The summed E-state index contributed by atoms with van der Waals surface area (Å²) in [7, 11) is 1.71. The van der Waals surface area contributed by atoms with Crippen molar-refractivity contribution in [1.29, 1.82) is 0 Å². The van der Waals surface area contributed by atoms with E-state index >= 15 is 0 Å². The third-order valence-corrected chi connectivity index (χ3v) is 4.39. The number of hydrogen-bond acceptors (Lipinski definition) is 6. The molecule has 1 atom stereocenters. The Bertz CT molecular complexity index is 822. The summed E-state index contributed by atoms with van der Waals surface area (Å²) in [5, 5.41) is 6.99. The fraction of sp³-hybridized carbons (Fsp3) is 0.529. The SMILES string of the molecule is CC(C)[C@@H](NC(=O)c1ccnn1C)c1cc(=O)[nH]c(N2CCOCC2)n1. The Balaban J connectivity index is 1.87. The smallest absolute Gasteiger partial charge is 0.270 e. The van der Waals surface area contributed by atoms with Crippen LogP contribution in [0.15, 0.2) is 23.1 Å². The summed E-state index contributed by atoms with van der Waals surface area (Å²) in [5.74, 6) is 0.314. The molecule has 2 N–H and O–H groups in total. The van der Waals surface area contributed by atoms with E-state index in [4.69, 9.17) is 4.74 Å². The molecule has 2 aromatic rings. The average molecular weight is 360 g/mol. The van der Waals surface area contributed by atoms with Crippen LogP contribution in [0, 0.1) is 5.92 Å². The first kappa shape index (κ1) is 18.1. The van der Waals surface area contributed by atoms with Crippen molar-refractivity contribution in [3.05, 3.63) is 40.1 Å². The molecule has 0 aliphatic carbocycles. The van der Waals surface area contributed by atoms with Crippen LogP contribution in [0.1, 0.15) is 36.1 Å². The van der Waals surface area contributed by atoms with Crippen LogP contribution < -0.4 is 15.8 Å². The molecule has 0 spiro atoms. The summed E-state index contributed by atoms with van der Waals surface area (Å²) in [4.78, 5) is 34.1. The first-order valence-electron chi connectivity index (χ1n) is 8.68. The molecule has 1 fully saturated rings. The van der Waals surface area contributed by atoms with Gasteiger partial charge in [0.25, 0.3) is 11.5 Å². The molecular formula is C17H24N6O3. The van der Waals surface area contributed by atoms with Gasteiger partial charge < -0.3 is 15.0 Å². The van der Waals surface area contributed by atoms with Crippen molar-refractivity contribution < 1.29 is 9.53 Å². The van der Waals surface area contributed by atoms with Gasteiger partial charge in [0, 0.05) is 32.4 Å². The van der Waals surface area contributed by atoms with Gasteiger partial charge in [-0.25, -0.2) is 4.98 Å². The molecule has 9 nitrogen and oxygen atoms in total. The second kappa shape index (κ2) is 7.69. The van der Waals surface area contributed by atoms with E-state index in [1.807, 2.05) is 18.7 Å². The van der Waals surface area contributed by atoms with E-state index in [1.165, 1.54) is 10.7 Å². The minimum absolute atomic E-state index is 0.0546. The number of ether oxygens (including phenoxy) is 1.